The summed E-state index contributed by atoms with van der Waals surface area (Å²) in [5.74, 6) is -0.0517. The first-order chi connectivity index (χ1) is 15.9. The van der Waals surface area contributed by atoms with E-state index >= 15 is 0 Å². The Labute approximate surface area is 205 Å². The van der Waals surface area contributed by atoms with Crippen LogP contribution in [0, 0.1) is 34.5 Å². The van der Waals surface area contributed by atoms with Gasteiger partial charge in [-0.3, -0.25) is 0 Å². The lowest BCUT2D eigenvalue weighted by Gasteiger charge is -2.47. The van der Waals surface area contributed by atoms with Crippen LogP contribution in [0.5, 0.6) is 0 Å². The molecule has 0 aliphatic heterocycles. The van der Waals surface area contributed by atoms with Gasteiger partial charge in [0.1, 0.15) is 0 Å². The van der Waals surface area contributed by atoms with Crippen molar-refractivity contribution in [2.24, 2.45) is 34.5 Å². The summed E-state index contributed by atoms with van der Waals surface area (Å²) in [6.45, 7) is 16.7. The molecule has 0 aromatic carbocycles. The number of hydrogen-bond acceptors (Lipinski definition) is 2. The highest BCUT2D eigenvalue weighted by Gasteiger charge is 2.43. The fraction of sp³-hybridized carbons (Fsp3) is 0.667. The van der Waals surface area contributed by atoms with Gasteiger partial charge >= 0.3 is 11.9 Å². The van der Waals surface area contributed by atoms with Crippen LogP contribution in [0.15, 0.2) is 47.6 Å². The first-order valence-electron chi connectivity index (χ1n) is 13.1. The van der Waals surface area contributed by atoms with Gasteiger partial charge in [0.25, 0.3) is 0 Å². The monoisotopic (exact) mass is 468 g/mol. The van der Waals surface area contributed by atoms with Crippen molar-refractivity contribution in [3.63, 3.8) is 0 Å². The van der Waals surface area contributed by atoms with E-state index < -0.39 is 11.9 Å². The van der Waals surface area contributed by atoms with Crippen LogP contribution in [0.4, 0.5) is 0 Å². The van der Waals surface area contributed by atoms with Gasteiger partial charge in [-0.1, -0.05) is 64.2 Å². The average molecular weight is 469 g/mol. The fourth-order valence-corrected chi connectivity index (χ4v) is 7.02. The molecule has 0 unspecified atom stereocenters. The molecule has 34 heavy (non-hydrogen) atoms. The highest BCUT2D eigenvalue weighted by molar-refractivity contribution is 5.86. The van der Waals surface area contributed by atoms with Crippen molar-refractivity contribution in [1.82, 2.24) is 0 Å². The normalized spacial score (nSPS) is 36.9. The van der Waals surface area contributed by atoms with Gasteiger partial charge in [-0.05, 0) is 98.7 Å². The number of rotatable bonds is 4. The van der Waals surface area contributed by atoms with E-state index in [0.717, 1.165) is 32.1 Å². The summed E-state index contributed by atoms with van der Waals surface area (Å²) < 4.78 is 0. The van der Waals surface area contributed by atoms with E-state index in [4.69, 9.17) is 10.2 Å². The molecule has 2 N–H and O–H groups in total. The Morgan fingerprint density at radius 2 is 1.35 bits per heavy atom. The first kappa shape index (κ1) is 26.5. The summed E-state index contributed by atoms with van der Waals surface area (Å²) in [5.41, 5.74) is 4.33. The second-order valence-corrected chi connectivity index (χ2v) is 11.8. The van der Waals surface area contributed by atoms with Gasteiger partial charge in [0.05, 0.1) is 0 Å². The van der Waals surface area contributed by atoms with E-state index in [1.807, 2.05) is 0 Å². The van der Waals surface area contributed by atoms with Crippen LogP contribution in [0.1, 0.15) is 91.9 Å². The Hall–Kier alpha value is -2.10. The van der Waals surface area contributed by atoms with Crippen molar-refractivity contribution in [2.45, 2.75) is 91.9 Å². The molecule has 0 heterocycles. The summed E-state index contributed by atoms with van der Waals surface area (Å²) in [6.07, 6.45) is 15.6. The number of hydrogen-bond donors (Lipinski definition) is 2. The van der Waals surface area contributed by atoms with Crippen LogP contribution in [-0.2, 0) is 9.59 Å². The molecule has 0 saturated heterocycles. The van der Waals surface area contributed by atoms with E-state index in [1.54, 1.807) is 11.1 Å². The summed E-state index contributed by atoms with van der Waals surface area (Å²) in [7, 11) is 0. The number of allylic oxidation sites excluding steroid dienone is 4. The average Bonchev–Trinajstić information content (AvgIpc) is 2.79. The molecule has 4 nitrogen and oxygen atoms in total. The van der Waals surface area contributed by atoms with Crippen molar-refractivity contribution in [3.05, 3.63) is 47.6 Å². The minimum Gasteiger partial charge on any atom is -0.478 e. The SMILES string of the molecule is C=C(C(=O)O)[C@@H]1CC=C2CCC[C@H](C)[C@@]2(C)C1.C=C(C(=O)O)[C@@H]1CCC2=CCC[C@H](C)[C@@]2(C)C1. The standard InChI is InChI=1S/2C15H22O2/c2*1-10-5-4-6-13-8-7-12(9-15(10,13)3)11(2)14(16)17/h8,10,12H,2,4-7,9H2,1,3H3,(H,16,17);6,10,12H,2,4-5,7-9H2,1,3H3,(H,16,17)/t2*10-,12+,15+/m00/s1. The predicted molar refractivity (Wildman–Crippen MR) is 137 cm³/mol. The zero-order valence-electron chi connectivity index (χ0n) is 21.7. The number of aliphatic carboxylic acids is 2. The molecule has 0 spiro atoms. The van der Waals surface area contributed by atoms with Crippen molar-refractivity contribution < 1.29 is 19.8 Å². The Kier molecular flexibility index (Phi) is 7.99. The van der Waals surface area contributed by atoms with Crippen molar-refractivity contribution >= 4 is 11.9 Å². The minimum absolute atomic E-state index is 0.127. The molecule has 188 valence electrons. The Balaban J connectivity index is 0.000000191. The number of carboxylic acids is 2. The van der Waals surface area contributed by atoms with Crippen LogP contribution in [0.25, 0.3) is 0 Å². The molecule has 0 amide bonds. The Morgan fingerprint density at radius 3 is 1.97 bits per heavy atom. The molecule has 0 bridgehead atoms. The van der Waals surface area contributed by atoms with Crippen LogP contribution in [0.3, 0.4) is 0 Å². The molecule has 2 fully saturated rings. The summed E-state index contributed by atoms with van der Waals surface area (Å²) in [5, 5.41) is 18.1. The molecular weight excluding hydrogens is 424 g/mol. The number of carbonyl (C=O) groups is 2. The van der Waals surface area contributed by atoms with Gasteiger partial charge in [-0.2, -0.15) is 0 Å². The smallest absolute Gasteiger partial charge is 0.331 e. The van der Waals surface area contributed by atoms with Gasteiger partial charge in [0, 0.05) is 11.1 Å². The van der Waals surface area contributed by atoms with E-state index in [-0.39, 0.29) is 22.7 Å². The third-order valence-corrected chi connectivity index (χ3v) is 10.0. The molecule has 0 aromatic rings. The summed E-state index contributed by atoms with van der Waals surface area (Å²) in [6, 6.07) is 0. The van der Waals surface area contributed by atoms with E-state index in [1.165, 1.54) is 32.1 Å². The largest absolute Gasteiger partial charge is 0.478 e. The van der Waals surface area contributed by atoms with Gasteiger partial charge in [0.15, 0.2) is 0 Å². The Bertz CT molecular complexity index is 909. The van der Waals surface area contributed by atoms with Crippen LogP contribution >= 0.6 is 0 Å². The first-order valence-corrected chi connectivity index (χ1v) is 13.1. The van der Waals surface area contributed by atoms with Gasteiger partial charge in [0.2, 0.25) is 0 Å². The van der Waals surface area contributed by atoms with E-state index in [9.17, 15) is 9.59 Å². The third kappa shape index (κ3) is 5.11. The molecule has 4 heteroatoms. The van der Waals surface area contributed by atoms with E-state index in [0.29, 0.717) is 23.0 Å². The van der Waals surface area contributed by atoms with Crippen molar-refractivity contribution in [2.75, 3.05) is 0 Å². The van der Waals surface area contributed by atoms with Crippen molar-refractivity contribution in [1.29, 1.82) is 0 Å². The number of carboxylic acid groups (broad SMARTS) is 2. The molecule has 4 rings (SSSR count). The lowest BCUT2D eigenvalue weighted by atomic mass is 9.57. The fourth-order valence-electron chi connectivity index (χ4n) is 7.02. The molecule has 0 radical (unpaired) electrons. The highest BCUT2D eigenvalue weighted by Crippen LogP contribution is 2.54. The molecule has 0 aromatic heterocycles. The maximum atomic E-state index is 11.0. The topological polar surface area (TPSA) is 74.6 Å². The van der Waals surface area contributed by atoms with E-state index in [2.05, 4.69) is 53.0 Å². The zero-order valence-corrected chi connectivity index (χ0v) is 21.7. The predicted octanol–water partition coefficient (Wildman–Crippen LogP) is 7.58. The van der Waals surface area contributed by atoms with Gasteiger partial charge in [-0.15, -0.1) is 0 Å². The minimum atomic E-state index is -0.834. The maximum Gasteiger partial charge on any atom is 0.331 e. The lowest BCUT2D eigenvalue weighted by molar-refractivity contribution is -0.134. The second-order valence-electron chi connectivity index (χ2n) is 11.8. The Morgan fingerprint density at radius 1 is 0.824 bits per heavy atom. The summed E-state index contributed by atoms with van der Waals surface area (Å²) >= 11 is 0. The maximum absolute atomic E-state index is 11.0. The van der Waals surface area contributed by atoms with Gasteiger partial charge in [-0.25, -0.2) is 9.59 Å². The van der Waals surface area contributed by atoms with Gasteiger partial charge < -0.3 is 10.2 Å². The quantitative estimate of drug-likeness (QED) is 0.329. The van der Waals surface area contributed by atoms with Crippen molar-refractivity contribution in [3.8, 4) is 0 Å². The lowest BCUT2D eigenvalue weighted by Crippen LogP contribution is -2.37. The molecule has 4 aliphatic carbocycles. The summed E-state index contributed by atoms with van der Waals surface area (Å²) in [4.78, 5) is 22.1. The molecule has 4 aliphatic rings. The highest BCUT2D eigenvalue weighted by atomic mass is 16.4. The van der Waals surface area contributed by atoms with Crippen LogP contribution < -0.4 is 0 Å². The molecule has 2 saturated carbocycles. The zero-order chi connectivity index (χ0) is 25.3. The molecule has 6 atom stereocenters. The number of fused-ring (bicyclic) bond motifs is 2. The van der Waals surface area contributed by atoms with Crippen LogP contribution in [-0.4, -0.2) is 22.2 Å². The third-order valence-electron chi connectivity index (χ3n) is 10.0. The van der Waals surface area contributed by atoms with Crippen LogP contribution in [0.2, 0.25) is 0 Å². The second kappa shape index (κ2) is 10.3. The molecular formula is C30H44O4.